The topological polar surface area (TPSA) is 73.5 Å². The Labute approximate surface area is 135 Å². The Kier molecular flexibility index (Phi) is 3.49. The summed E-state index contributed by atoms with van der Waals surface area (Å²) in [6, 6.07) is 7.33. The van der Waals surface area contributed by atoms with Gasteiger partial charge in [0, 0.05) is 36.4 Å². The van der Waals surface area contributed by atoms with Crippen LogP contribution in [0.2, 0.25) is 0 Å². The molecule has 1 aromatic rings. The standard InChI is InChI=1S/C17H22N4O2/c22-15(14-17(11-19-14)6-1-2-7-17)20-12-4-3-5-13(10-12)21-9-8-18-16(21)23/h3-5,10,14,19H,1-2,6-9,11H2,(H,18,23)(H,20,22). The van der Waals surface area contributed by atoms with E-state index in [-0.39, 0.29) is 23.4 Å². The van der Waals surface area contributed by atoms with E-state index in [0.717, 1.165) is 30.8 Å². The zero-order valence-corrected chi connectivity index (χ0v) is 13.1. The van der Waals surface area contributed by atoms with Crippen molar-refractivity contribution in [2.75, 3.05) is 29.9 Å². The fourth-order valence-electron chi connectivity index (χ4n) is 4.09. The van der Waals surface area contributed by atoms with Crippen LogP contribution in [-0.4, -0.2) is 37.6 Å². The van der Waals surface area contributed by atoms with Crippen LogP contribution in [0.15, 0.2) is 24.3 Å². The number of hydrogen-bond acceptors (Lipinski definition) is 3. The zero-order chi connectivity index (χ0) is 15.9. The molecule has 1 aliphatic carbocycles. The molecule has 122 valence electrons. The molecular weight excluding hydrogens is 292 g/mol. The van der Waals surface area contributed by atoms with Crippen molar-refractivity contribution in [3.05, 3.63) is 24.3 Å². The van der Waals surface area contributed by atoms with Crippen molar-refractivity contribution in [2.24, 2.45) is 5.41 Å². The van der Waals surface area contributed by atoms with Gasteiger partial charge in [-0.05, 0) is 31.0 Å². The molecule has 3 N–H and O–H groups in total. The van der Waals surface area contributed by atoms with Crippen LogP contribution in [-0.2, 0) is 4.79 Å². The van der Waals surface area contributed by atoms with Gasteiger partial charge in [-0.25, -0.2) is 4.79 Å². The molecule has 0 radical (unpaired) electrons. The average molecular weight is 314 g/mol. The third kappa shape index (κ3) is 2.47. The Morgan fingerprint density at radius 2 is 2.13 bits per heavy atom. The lowest BCUT2D eigenvalue weighted by molar-refractivity contribution is -0.125. The second kappa shape index (κ2) is 5.53. The van der Waals surface area contributed by atoms with Gasteiger partial charge in [0.15, 0.2) is 0 Å². The van der Waals surface area contributed by atoms with E-state index in [4.69, 9.17) is 0 Å². The van der Waals surface area contributed by atoms with Crippen LogP contribution < -0.4 is 20.9 Å². The fraction of sp³-hybridized carbons (Fsp3) is 0.529. The SMILES string of the molecule is O=C(Nc1cccc(N2CCNC2=O)c1)C1NCC12CCCC2. The molecule has 2 saturated heterocycles. The first-order chi connectivity index (χ1) is 11.2. The van der Waals surface area contributed by atoms with Crippen molar-refractivity contribution in [3.8, 4) is 0 Å². The number of benzene rings is 1. The minimum Gasteiger partial charge on any atom is -0.336 e. The monoisotopic (exact) mass is 314 g/mol. The molecule has 1 unspecified atom stereocenters. The van der Waals surface area contributed by atoms with Gasteiger partial charge < -0.3 is 16.0 Å². The van der Waals surface area contributed by atoms with E-state index in [1.807, 2.05) is 24.3 Å². The highest BCUT2D eigenvalue weighted by atomic mass is 16.2. The summed E-state index contributed by atoms with van der Waals surface area (Å²) in [7, 11) is 0. The smallest absolute Gasteiger partial charge is 0.321 e. The van der Waals surface area contributed by atoms with Crippen LogP contribution in [0.4, 0.5) is 16.2 Å². The second-order valence-electron chi connectivity index (χ2n) is 6.81. The predicted octanol–water partition coefficient (Wildman–Crippen LogP) is 1.69. The molecule has 2 heterocycles. The summed E-state index contributed by atoms with van der Waals surface area (Å²) in [4.78, 5) is 26.0. The molecule has 2 aliphatic heterocycles. The van der Waals surface area contributed by atoms with Crippen LogP contribution in [0.1, 0.15) is 25.7 Å². The maximum absolute atomic E-state index is 12.6. The van der Waals surface area contributed by atoms with Crippen molar-refractivity contribution in [1.82, 2.24) is 10.6 Å². The fourth-order valence-corrected chi connectivity index (χ4v) is 4.09. The molecule has 3 fully saturated rings. The molecule has 4 rings (SSSR count). The third-order valence-corrected chi connectivity index (χ3v) is 5.41. The van der Waals surface area contributed by atoms with E-state index < -0.39 is 0 Å². The Morgan fingerprint density at radius 3 is 2.78 bits per heavy atom. The first-order valence-corrected chi connectivity index (χ1v) is 8.38. The largest absolute Gasteiger partial charge is 0.336 e. The molecular formula is C17H22N4O2. The van der Waals surface area contributed by atoms with Gasteiger partial charge in [0.1, 0.15) is 0 Å². The molecule has 1 atom stereocenters. The summed E-state index contributed by atoms with van der Waals surface area (Å²) >= 11 is 0. The number of anilines is 2. The first kappa shape index (κ1) is 14.5. The van der Waals surface area contributed by atoms with E-state index in [0.29, 0.717) is 13.1 Å². The minimum absolute atomic E-state index is 0.0428. The van der Waals surface area contributed by atoms with Gasteiger partial charge in [-0.2, -0.15) is 0 Å². The van der Waals surface area contributed by atoms with Gasteiger partial charge in [0.25, 0.3) is 0 Å². The third-order valence-electron chi connectivity index (χ3n) is 5.41. The van der Waals surface area contributed by atoms with Crippen molar-refractivity contribution < 1.29 is 9.59 Å². The molecule has 6 nitrogen and oxygen atoms in total. The molecule has 3 aliphatic rings. The number of urea groups is 1. The molecule has 23 heavy (non-hydrogen) atoms. The normalized spacial score (nSPS) is 25.3. The molecule has 1 aromatic carbocycles. The summed E-state index contributed by atoms with van der Waals surface area (Å²) in [5, 5.41) is 9.09. The van der Waals surface area contributed by atoms with Gasteiger partial charge >= 0.3 is 6.03 Å². The number of carbonyl (C=O) groups excluding carboxylic acids is 2. The summed E-state index contributed by atoms with van der Waals surface area (Å²) in [6.07, 6.45) is 4.74. The molecule has 1 spiro atoms. The first-order valence-electron chi connectivity index (χ1n) is 8.38. The number of hydrogen-bond donors (Lipinski definition) is 3. The Bertz CT molecular complexity index is 639. The summed E-state index contributed by atoms with van der Waals surface area (Å²) in [5.74, 6) is 0.0428. The maximum atomic E-state index is 12.6. The van der Waals surface area contributed by atoms with E-state index in [2.05, 4.69) is 16.0 Å². The van der Waals surface area contributed by atoms with Crippen molar-refractivity contribution in [1.29, 1.82) is 0 Å². The molecule has 0 aromatic heterocycles. The molecule has 0 bridgehead atoms. The van der Waals surface area contributed by atoms with E-state index >= 15 is 0 Å². The lowest BCUT2D eigenvalue weighted by Crippen LogP contribution is -2.66. The maximum Gasteiger partial charge on any atom is 0.321 e. The lowest BCUT2D eigenvalue weighted by atomic mass is 9.71. The summed E-state index contributed by atoms with van der Waals surface area (Å²) in [5.41, 5.74) is 1.74. The van der Waals surface area contributed by atoms with Crippen molar-refractivity contribution in [3.63, 3.8) is 0 Å². The number of nitrogens with zero attached hydrogens (tertiary/aromatic N) is 1. The summed E-state index contributed by atoms with van der Waals surface area (Å²) < 4.78 is 0. The lowest BCUT2D eigenvalue weighted by Gasteiger charge is -2.47. The average Bonchev–Trinajstić information content (AvgIpc) is 3.16. The van der Waals surface area contributed by atoms with Gasteiger partial charge in [0.05, 0.1) is 6.04 Å². The van der Waals surface area contributed by atoms with Gasteiger partial charge in [-0.1, -0.05) is 18.9 Å². The van der Waals surface area contributed by atoms with E-state index in [1.54, 1.807) is 4.90 Å². The predicted molar refractivity (Wildman–Crippen MR) is 88.5 cm³/mol. The summed E-state index contributed by atoms with van der Waals surface area (Å²) in [6.45, 7) is 2.27. The van der Waals surface area contributed by atoms with Crippen LogP contribution in [0, 0.1) is 5.41 Å². The highest BCUT2D eigenvalue weighted by molar-refractivity contribution is 5.98. The highest BCUT2D eigenvalue weighted by Crippen LogP contribution is 2.45. The quantitative estimate of drug-likeness (QED) is 0.795. The van der Waals surface area contributed by atoms with Gasteiger partial charge in [-0.15, -0.1) is 0 Å². The molecule has 3 amide bonds. The minimum atomic E-state index is -0.0842. The highest BCUT2D eigenvalue weighted by Gasteiger charge is 2.51. The van der Waals surface area contributed by atoms with Gasteiger partial charge in [-0.3, -0.25) is 9.69 Å². The van der Waals surface area contributed by atoms with Crippen molar-refractivity contribution in [2.45, 2.75) is 31.7 Å². The van der Waals surface area contributed by atoms with Crippen LogP contribution in [0.25, 0.3) is 0 Å². The molecule has 1 saturated carbocycles. The Morgan fingerprint density at radius 1 is 1.30 bits per heavy atom. The van der Waals surface area contributed by atoms with Crippen molar-refractivity contribution >= 4 is 23.3 Å². The number of rotatable bonds is 3. The Balaban J connectivity index is 1.46. The van der Waals surface area contributed by atoms with Gasteiger partial charge in [0.2, 0.25) is 5.91 Å². The van der Waals surface area contributed by atoms with Crippen LogP contribution >= 0.6 is 0 Å². The number of nitrogens with one attached hydrogen (secondary N) is 3. The number of carbonyl (C=O) groups is 2. The zero-order valence-electron chi connectivity index (χ0n) is 13.1. The van der Waals surface area contributed by atoms with Crippen LogP contribution in [0.5, 0.6) is 0 Å². The second-order valence-corrected chi connectivity index (χ2v) is 6.81. The number of amides is 3. The Hall–Kier alpha value is -2.08. The van der Waals surface area contributed by atoms with Crippen LogP contribution in [0.3, 0.4) is 0 Å². The van der Waals surface area contributed by atoms with E-state index in [9.17, 15) is 9.59 Å². The molecule has 6 heteroatoms. The van der Waals surface area contributed by atoms with E-state index in [1.165, 1.54) is 12.8 Å².